The maximum Gasteiger partial charge on any atom is 0.127 e. The van der Waals surface area contributed by atoms with Crippen LogP contribution in [0.4, 0.5) is 0 Å². The summed E-state index contributed by atoms with van der Waals surface area (Å²) in [4.78, 5) is 2.41. The maximum absolute atomic E-state index is 5.94. The number of nitrogens with zero attached hydrogens (tertiary/aromatic N) is 1. The Labute approximate surface area is 122 Å². The number of likely N-dealkylation sites (tertiary alicyclic amines) is 1. The van der Waals surface area contributed by atoms with E-state index in [0.717, 1.165) is 49.3 Å². The fourth-order valence-electron chi connectivity index (χ4n) is 2.71. The highest BCUT2D eigenvalue weighted by atomic mass is 79.9. The molecule has 1 saturated heterocycles. The minimum absolute atomic E-state index is 0. The first-order valence-corrected chi connectivity index (χ1v) is 6.94. The molecule has 18 heavy (non-hydrogen) atoms. The molecule has 100 valence electrons. The molecule has 1 aromatic carbocycles. The number of hydrogen-bond donors (Lipinski definition) is 1. The van der Waals surface area contributed by atoms with Crippen molar-refractivity contribution < 1.29 is 4.74 Å². The first-order chi connectivity index (χ1) is 8.22. The second-order valence-corrected chi connectivity index (χ2v) is 5.85. The van der Waals surface area contributed by atoms with Crippen molar-refractivity contribution in [2.24, 2.45) is 5.73 Å². The Hall–Kier alpha value is -0.290. The molecule has 0 spiro atoms. The maximum atomic E-state index is 5.94. The van der Waals surface area contributed by atoms with E-state index < -0.39 is 0 Å². The Bertz CT molecular complexity index is 441. The largest absolute Gasteiger partial charge is 0.493 e. The number of hydrogen-bond acceptors (Lipinski definition) is 3. The van der Waals surface area contributed by atoms with Crippen LogP contribution in [0.2, 0.25) is 0 Å². The predicted octanol–water partition coefficient (Wildman–Crippen LogP) is 2.34. The molecule has 1 aromatic rings. The summed E-state index contributed by atoms with van der Waals surface area (Å²) in [5.74, 6) is 1.11. The van der Waals surface area contributed by atoms with Gasteiger partial charge in [-0.25, -0.2) is 0 Å². The van der Waals surface area contributed by atoms with Gasteiger partial charge in [-0.15, -0.1) is 12.4 Å². The highest BCUT2D eigenvalue weighted by molar-refractivity contribution is 9.10. The molecule has 0 aliphatic carbocycles. The van der Waals surface area contributed by atoms with Crippen LogP contribution in [-0.2, 0) is 13.0 Å². The van der Waals surface area contributed by atoms with Crippen molar-refractivity contribution in [3.63, 3.8) is 0 Å². The van der Waals surface area contributed by atoms with Gasteiger partial charge >= 0.3 is 0 Å². The molecule has 0 bridgehead atoms. The van der Waals surface area contributed by atoms with Crippen LogP contribution in [0, 0.1) is 0 Å². The van der Waals surface area contributed by atoms with E-state index in [1.54, 1.807) is 0 Å². The summed E-state index contributed by atoms with van der Waals surface area (Å²) in [5, 5.41) is 0. The number of ether oxygens (including phenoxy) is 1. The van der Waals surface area contributed by atoms with E-state index in [0.29, 0.717) is 6.04 Å². The first kappa shape index (κ1) is 14.1. The molecule has 3 nitrogen and oxygen atoms in total. The molecule has 1 fully saturated rings. The van der Waals surface area contributed by atoms with Crippen molar-refractivity contribution >= 4 is 28.3 Å². The number of nitrogens with two attached hydrogens (primary N) is 1. The van der Waals surface area contributed by atoms with Crippen molar-refractivity contribution in [2.75, 3.05) is 19.7 Å². The summed E-state index contributed by atoms with van der Waals surface area (Å²) in [6.45, 7) is 3.87. The van der Waals surface area contributed by atoms with Gasteiger partial charge in [0.05, 0.1) is 6.61 Å². The van der Waals surface area contributed by atoms with E-state index in [4.69, 9.17) is 10.5 Å². The summed E-state index contributed by atoms with van der Waals surface area (Å²) in [7, 11) is 0. The molecule has 5 heteroatoms. The van der Waals surface area contributed by atoms with Crippen molar-refractivity contribution in [1.82, 2.24) is 4.90 Å². The normalized spacial score (nSPS) is 22.4. The van der Waals surface area contributed by atoms with Gasteiger partial charge in [0.25, 0.3) is 0 Å². The minimum atomic E-state index is 0. The average Bonchev–Trinajstić information content (AvgIpc) is 2.87. The van der Waals surface area contributed by atoms with E-state index in [1.807, 2.05) is 0 Å². The van der Waals surface area contributed by atoms with Gasteiger partial charge in [0.2, 0.25) is 0 Å². The van der Waals surface area contributed by atoms with Gasteiger partial charge < -0.3 is 10.5 Å². The Kier molecular flexibility index (Phi) is 4.54. The Morgan fingerprint density at radius 2 is 2.28 bits per heavy atom. The number of fused-ring (bicyclic) bond motifs is 1. The Morgan fingerprint density at radius 3 is 3.00 bits per heavy atom. The van der Waals surface area contributed by atoms with Gasteiger partial charge in [-0.3, -0.25) is 4.90 Å². The molecular formula is C13H18BrClN2O. The van der Waals surface area contributed by atoms with E-state index in [9.17, 15) is 0 Å². The third kappa shape index (κ3) is 2.82. The van der Waals surface area contributed by atoms with Gasteiger partial charge in [0.15, 0.2) is 0 Å². The number of rotatable bonds is 2. The lowest BCUT2D eigenvalue weighted by Gasteiger charge is -2.17. The minimum Gasteiger partial charge on any atom is -0.493 e. The van der Waals surface area contributed by atoms with Crippen LogP contribution in [0.1, 0.15) is 17.5 Å². The summed E-state index contributed by atoms with van der Waals surface area (Å²) in [6, 6.07) is 4.69. The summed E-state index contributed by atoms with van der Waals surface area (Å²) < 4.78 is 6.90. The molecule has 2 N–H and O–H groups in total. The van der Waals surface area contributed by atoms with Crippen molar-refractivity contribution in [1.29, 1.82) is 0 Å². The Balaban J connectivity index is 0.00000120. The summed E-state index contributed by atoms with van der Waals surface area (Å²) in [5.41, 5.74) is 8.56. The zero-order chi connectivity index (χ0) is 11.8. The van der Waals surface area contributed by atoms with Gasteiger partial charge in [0.1, 0.15) is 5.75 Å². The molecule has 0 saturated carbocycles. The van der Waals surface area contributed by atoms with Gasteiger partial charge in [-0.1, -0.05) is 15.9 Å². The van der Waals surface area contributed by atoms with Gasteiger partial charge in [-0.2, -0.15) is 0 Å². The molecule has 2 heterocycles. The highest BCUT2D eigenvalue weighted by Gasteiger charge is 2.23. The van der Waals surface area contributed by atoms with E-state index in [-0.39, 0.29) is 12.4 Å². The van der Waals surface area contributed by atoms with Crippen LogP contribution < -0.4 is 10.5 Å². The van der Waals surface area contributed by atoms with Crippen LogP contribution in [0.3, 0.4) is 0 Å². The van der Waals surface area contributed by atoms with Crippen LogP contribution in [0.25, 0.3) is 0 Å². The standard InChI is InChI=1S/C13H17BrN2O.ClH/c14-11-5-9-2-4-17-13(9)10(6-11)7-16-3-1-12(15)8-16;/h5-6,12H,1-4,7-8,15H2;1H/t12-;/m1./s1. The zero-order valence-corrected chi connectivity index (χ0v) is 12.6. The lowest BCUT2D eigenvalue weighted by molar-refractivity contribution is 0.310. The van der Waals surface area contributed by atoms with E-state index in [2.05, 4.69) is 33.0 Å². The lowest BCUT2D eigenvalue weighted by atomic mass is 10.1. The second-order valence-electron chi connectivity index (χ2n) is 4.94. The summed E-state index contributed by atoms with van der Waals surface area (Å²) >= 11 is 3.58. The van der Waals surface area contributed by atoms with Crippen molar-refractivity contribution in [3.05, 3.63) is 27.7 Å². The quantitative estimate of drug-likeness (QED) is 0.903. The van der Waals surface area contributed by atoms with Gasteiger partial charge in [0, 0.05) is 42.1 Å². The second kappa shape index (κ2) is 5.78. The highest BCUT2D eigenvalue weighted by Crippen LogP contribution is 2.34. The SMILES string of the molecule is Cl.N[C@@H]1CCN(Cc2cc(Br)cc3c2OCC3)C1. The van der Waals surface area contributed by atoms with Gasteiger partial charge in [-0.05, 0) is 24.1 Å². The topological polar surface area (TPSA) is 38.5 Å². The molecule has 3 rings (SSSR count). The summed E-state index contributed by atoms with van der Waals surface area (Å²) in [6.07, 6.45) is 2.14. The van der Waals surface area contributed by atoms with Crippen LogP contribution in [0.15, 0.2) is 16.6 Å². The molecule has 0 unspecified atom stereocenters. The third-order valence-electron chi connectivity index (χ3n) is 3.53. The number of halogens is 2. The van der Waals surface area contributed by atoms with Crippen LogP contribution in [0.5, 0.6) is 5.75 Å². The van der Waals surface area contributed by atoms with Crippen LogP contribution >= 0.6 is 28.3 Å². The smallest absolute Gasteiger partial charge is 0.127 e. The zero-order valence-electron chi connectivity index (χ0n) is 10.2. The average molecular weight is 334 g/mol. The fourth-order valence-corrected chi connectivity index (χ4v) is 3.26. The third-order valence-corrected chi connectivity index (χ3v) is 3.99. The lowest BCUT2D eigenvalue weighted by Crippen LogP contribution is -2.26. The predicted molar refractivity (Wildman–Crippen MR) is 78.5 cm³/mol. The van der Waals surface area contributed by atoms with Crippen LogP contribution in [-0.4, -0.2) is 30.6 Å². The number of benzene rings is 1. The molecule has 1 atom stereocenters. The van der Waals surface area contributed by atoms with E-state index in [1.165, 1.54) is 11.1 Å². The van der Waals surface area contributed by atoms with E-state index >= 15 is 0 Å². The Morgan fingerprint density at radius 1 is 1.44 bits per heavy atom. The van der Waals surface area contributed by atoms with Crippen molar-refractivity contribution in [3.8, 4) is 5.75 Å². The molecule has 2 aliphatic heterocycles. The molecule has 2 aliphatic rings. The molecular weight excluding hydrogens is 316 g/mol. The van der Waals surface area contributed by atoms with Crippen molar-refractivity contribution in [2.45, 2.75) is 25.4 Å². The fraction of sp³-hybridized carbons (Fsp3) is 0.538. The molecule has 0 amide bonds. The molecule has 0 radical (unpaired) electrons. The molecule has 0 aromatic heterocycles. The monoisotopic (exact) mass is 332 g/mol. The first-order valence-electron chi connectivity index (χ1n) is 6.14.